The van der Waals surface area contributed by atoms with Crippen LogP contribution in [0.25, 0.3) is 11.0 Å². The van der Waals surface area contributed by atoms with Gasteiger partial charge in [0.25, 0.3) is 0 Å². The number of hydrogen-bond acceptors (Lipinski definition) is 3. The van der Waals surface area contributed by atoms with Crippen LogP contribution in [0, 0.1) is 6.92 Å². The van der Waals surface area contributed by atoms with Crippen LogP contribution in [0.2, 0.25) is 0 Å². The molecule has 0 aliphatic heterocycles. The first kappa shape index (κ1) is 15.9. The van der Waals surface area contributed by atoms with E-state index in [1.54, 1.807) is 0 Å². The van der Waals surface area contributed by atoms with Gasteiger partial charge in [-0.05, 0) is 31.0 Å². The average molecular weight is 306 g/mol. The number of carboxylic acids is 1. The van der Waals surface area contributed by atoms with E-state index in [2.05, 4.69) is 34.7 Å². The molecule has 0 fully saturated rings. The Morgan fingerprint density at radius 3 is 2.86 bits per heavy atom. The van der Waals surface area contributed by atoms with Crippen molar-refractivity contribution in [2.45, 2.75) is 51.2 Å². The van der Waals surface area contributed by atoms with E-state index < -0.39 is 5.97 Å². The summed E-state index contributed by atoms with van der Waals surface area (Å²) < 4.78 is 2.16. The van der Waals surface area contributed by atoms with E-state index in [9.17, 15) is 4.79 Å². The van der Waals surface area contributed by atoms with Crippen LogP contribution in [0.5, 0.6) is 0 Å². The lowest BCUT2D eigenvalue weighted by molar-refractivity contribution is -0.133. The second kappa shape index (κ2) is 7.50. The Kier molecular flexibility index (Phi) is 5.67. The van der Waals surface area contributed by atoms with Crippen LogP contribution in [0.4, 0.5) is 0 Å². The number of rotatable bonds is 8. The van der Waals surface area contributed by atoms with Gasteiger partial charge in [-0.3, -0.25) is 4.79 Å². The number of fused-ring (bicyclic) bond motifs is 1. The fourth-order valence-corrected chi connectivity index (χ4v) is 3.13. The number of carbonyl (C=O) groups is 1. The van der Waals surface area contributed by atoms with Crippen molar-refractivity contribution < 1.29 is 9.90 Å². The third kappa shape index (κ3) is 4.24. The number of hydrogen-bond donors (Lipinski definition) is 1. The Bertz CT molecular complexity index is 622. The Balaban J connectivity index is 2.23. The van der Waals surface area contributed by atoms with Gasteiger partial charge in [-0.1, -0.05) is 44.0 Å². The summed E-state index contributed by atoms with van der Waals surface area (Å²) in [5.74, 6) is -0.752. The van der Waals surface area contributed by atoms with Crippen LogP contribution in [-0.4, -0.2) is 26.4 Å². The summed E-state index contributed by atoms with van der Waals surface area (Å²) in [5, 5.41) is 9.69. The molecule has 0 spiro atoms. The molecule has 0 bridgehead atoms. The number of carboxylic acid groups (broad SMARTS) is 1. The number of aryl methyl sites for hydroxylation is 2. The Hall–Kier alpha value is -1.49. The molecule has 0 unspecified atom stereocenters. The SMILES string of the molecule is CCCCCCn1c(SCC(=O)O)nc2cc(C)ccc21. The Labute approximate surface area is 129 Å². The Morgan fingerprint density at radius 2 is 2.14 bits per heavy atom. The molecular formula is C16H22N2O2S. The maximum absolute atomic E-state index is 10.8. The normalized spacial score (nSPS) is 11.1. The van der Waals surface area contributed by atoms with Crippen molar-refractivity contribution in [3.8, 4) is 0 Å². The first-order valence-electron chi connectivity index (χ1n) is 7.43. The third-order valence-electron chi connectivity index (χ3n) is 3.43. The molecule has 0 aliphatic carbocycles. The number of thioether (sulfide) groups is 1. The number of unbranched alkanes of at least 4 members (excludes halogenated alkanes) is 3. The van der Waals surface area contributed by atoms with Gasteiger partial charge in [-0.15, -0.1) is 0 Å². The number of aromatic nitrogens is 2. The molecule has 0 saturated carbocycles. The van der Waals surface area contributed by atoms with Crippen LogP contribution >= 0.6 is 11.8 Å². The van der Waals surface area contributed by atoms with Crippen LogP contribution in [-0.2, 0) is 11.3 Å². The maximum Gasteiger partial charge on any atom is 0.313 e. The van der Waals surface area contributed by atoms with Crippen LogP contribution in [0.15, 0.2) is 23.4 Å². The lowest BCUT2D eigenvalue weighted by Crippen LogP contribution is -2.03. The zero-order chi connectivity index (χ0) is 15.2. The van der Waals surface area contributed by atoms with Gasteiger partial charge < -0.3 is 9.67 Å². The van der Waals surface area contributed by atoms with E-state index >= 15 is 0 Å². The van der Waals surface area contributed by atoms with E-state index in [0.29, 0.717) is 0 Å². The van der Waals surface area contributed by atoms with E-state index in [0.717, 1.165) is 29.2 Å². The Morgan fingerprint density at radius 1 is 1.33 bits per heavy atom. The monoisotopic (exact) mass is 306 g/mol. The minimum atomic E-state index is -0.805. The molecule has 114 valence electrons. The van der Waals surface area contributed by atoms with Crippen molar-refractivity contribution in [1.29, 1.82) is 0 Å². The largest absolute Gasteiger partial charge is 0.481 e. The van der Waals surface area contributed by atoms with Gasteiger partial charge in [0, 0.05) is 6.54 Å². The maximum atomic E-state index is 10.8. The molecule has 0 saturated heterocycles. The van der Waals surface area contributed by atoms with E-state index in [1.807, 2.05) is 6.92 Å². The first-order valence-corrected chi connectivity index (χ1v) is 8.42. The standard InChI is InChI=1S/C16H22N2O2S/c1-3-4-5-6-9-18-14-8-7-12(2)10-13(14)17-16(18)21-11-15(19)20/h7-8,10H,3-6,9,11H2,1-2H3,(H,19,20). The average Bonchev–Trinajstić information content (AvgIpc) is 2.78. The number of benzene rings is 1. The van der Waals surface area contributed by atoms with Gasteiger partial charge in [-0.25, -0.2) is 4.98 Å². The van der Waals surface area contributed by atoms with Gasteiger partial charge in [0.05, 0.1) is 16.8 Å². The van der Waals surface area contributed by atoms with E-state index in [4.69, 9.17) is 5.11 Å². The van der Waals surface area contributed by atoms with Gasteiger partial charge >= 0.3 is 5.97 Å². The first-order chi connectivity index (χ1) is 10.1. The molecule has 0 atom stereocenters. The molecule has 1 N–H and O–H groups in total. The van der Waals surface area contributed by atoms with Gasteiger partial charge in [-0.2, -0.15) is 0 Å². The molecule has 1 heterocycles. The molecule has 1 aromatic heterocycles. The lowest BCUT2D eigenvalue weighted by Gasteiger charge is -2.08. The summed E-state index contributed by atoms with van der Waals surface area (Å²) in [6, 6.07) is 6.23. The van der Waals surface area contributed by atoms with Gasteiger partial charge in [0.15, 0.2) is 5.16 Å². The van der Waals surface area contributed by atoms with Crippen molar-refractivity contribution in [3.63, 3.8) is 0 Å². The topological polar surface area (TPSA) is 55.1 Å². The predicted molar refractivity (Wildman–Crippen MR) is 87.0 cm³/mol. The molecular weight excluding hydrogens is 284 g/mol. The second-order valence-electron chi connectivity index (χ2n) is 5.28. The summed E-state index contributed by atoms with van der Waals surface area (Å²) in [6.45, 7) is 5.15. The lowest BCUT2D eigenvalue weighted by atomic mass is 10.2. The summed E-state index contributed by atoms with van der Waals surface area (Å²) in [7, 11) is 0. The minimum absolute atomic E-state index is 0.0528. The zero-order valence-corrected chi connectivity index (χ0v) is 13.4. The van der Waals surface area contributed by atoms with Crippen molar-refractivity contribution in [2.75, 3.05) is 5.75 Å². The highest BCUT2D eigenvalue weighted by Crippen LogP contribution is 2.25. The molecule has 0 radical (unpaired) electrons. The molecule has 2 aromatic rings. The summed E-state index contributed by atoms with van der Waals surface area (Å²) in [6.07, 6.45) is 4.76. The van der Waals surface area contributed by atoms with Crippen LogP contribution in [0.3, 0.4) is 0 Å². The fraction of sp³-hybridized carbons (Fsp3) is 0.500. The van der Waals surface area contributed by atoms with Crippen molar-refractivity contribution in [1.82, 2.24) is 9.55 Å². The fourth-order valence-electron chi connectivity index (χ4n) is 2.37. The molecule has 4 nitrogen and oxygen atoms in total. The van der Waals surface area contributed by atoms with E-state index in [-0.39, 0.29) is 5.75 Å². The van der Waals surface area contributed by atoms with Crippen LogP contribution < -0.4 is 0 Å². The second-order valence-corrected chi connectivity index (χ2v) is 6.22. The molecule has 2 rings (SSSR count). The molecule has 0 amide bonds. The van der Waals surface area contributed by atoms with Gasteiger partial charge in [0.1, 0.15) is 0 Å². The zero-order valence-electron chi connectivity index (χ0n) is 12.6. The summed E-state index contributed by atoms with van der Waals surface area (Å²) in [4.78, 5) is 15.4. The van der Waals surface area contributed by atoms with Crippen molar-refractivity contribution >= 4 is 28.8 Å². The number of nitrogens with zero attached hydrogens (tertiary/aromatic N) is 2. The van der Waals surface area contributed by atoms with Crippen molar-refractivity contribution in [2.24, 2.45) is 0 Å². The smallest absolute Gasteiger partial charge is 0.313 e. The number of imidazole rings is 1. The molecule has 0 aliphatic rings. The molecule has 21 heavy (non-hydrogen) atoms. The predicted octanol–water partition coefficient (Wildman–Crippen LogP) is 4.10. The third-order valence-corrected chi connectivity index (χ3v) is 4.39. The van der Waals surface area contributed by atoms with E-state index in [1.165, 1.54) is 36.6 Å². The molecule has 1 aromatic carbocycles. The molecule has 5 heteroatoms. The minimum Gasteiger partial charge on any atom is -0.481 e. The summed E-state index contributed by atoms with van der Waals surface area (Å²) in [5.41, 5.74) is 3.23. The van der Waals surface area contributed by atoms with Crippen molar-refractivity contribution in [3.05, 3.63) is 23.8 Å². The number of aliphatic carboxylic acids is 1. The quantitative estimate of drug-likeness (QED) is 0.589. The van der Waals surface area contributed by atoms with Crippen LogP contribution in [0.1, 0.15) is 38.2 Å². The highest BCUT2D eigenvalue weighted by Gasteiger charge is 2.12. The highest BCUT2D eigenvalue weighted by molar-refractivity contribution is 7.99. The highest BCUT2D eigenvalue weighted by atomic mass is 32.2. The van der Waals surface area contributed by atoms with Gasteiger partial charge in [0.2, 0.25) is 0 Å². The summed E-state index contributed by atoms with van der Waals surface area (Å²) >= 11 is 1.30.